The van der Waals surface area contributed by atoms with Gasteiger partial charge in [-0.2, -0.15) is 0 Å². The van der Waals surface area contributed by atoms with Crippen LogP contribution in [-0.2, 0) is 9.53 Å². The lowest BCUT2D eigenvalue weighted by Gasteiger charge is -2.15. The van der Waals surface area contributed by atoms with Crippen LogP contribution < -0.4 is 5.32 Å². The minimum atomic E-state index is -0.857. The molecule has 1 aromatic carbocycles. The van der Waals surface area contributed by atoms with Crippen molar-refractivity contribution in [2.24, 2.45) is 0 Å². The van der Waals surface area contributed by atoms with Gasteiger partial charge in [-0.05, 0) is 25.5 Å². The van der Waals surface area contributed by atoms with E-state index in [4.69, 9.17) is 4.74 Å². The van der Waals surface area contributed by atoms with E-state index in [0.717, 1.165) is 0 Å². The van der Waals surface area contributed by atoms with Crippen LogP contribution in [-0.4, -0.2) is 49.2 Å². The van der Waals surface area contributed by atoms with E-state index in [9.17, 15) is 14.0 Å². The summed E-state index contributed by atoms with van der Waals surface area (Å²) in [6.45, 7) is 2.98. The summed E-state index contributed by atoms with van der Waals surface area (Å²) >= 11 is 0. The Labute approximate surface area is 123 Å². The number of nitrogens with zero attached hydrogens (tertiary/aromatic N) is 1. The van der Waals surface area contributed by atoms with Crippen molar-refractivity contribution < 1.29 is 18.7 Å². The Balaban J connectivity index is 1.98. The lowest BCUT2D eigenvalue weighted by molar-refractivity contribution is -0.117. The fourth-order valence-electron chi connectivity index (χ4n) is 2.30. The third-order valence-corrected chi connectivity index (χ3v) is 3.28. The highest BCUT2D eigenvalue weighted by molar-refractivity contribution is 6.01. The molecule has 1 saturated heterocycles. The molecule has 1 amide bonds. The Morgan fingerprint density at radius 1 is 1.43 bits per heavy atom. The highest BCUT2D eigenvalue weighted by atomic mass is 19.1. The van der Waals surface area contributed by atoms with Gasteiger partial charge in [-0.1, -0.05) is 12.1 Å². The van der Waals surface area contributed by atoms with Gasteiger partial charge < -0.3 is 10.1 Å². The summed E-state index contributed by atoms with van der Waals surface area (Å²) in [7, 11) is 0. The molecule has 1 aromatic rings. The molecule has 114 valence electrons. The Kier molecular flexibility index (Phi) is 5.27. The largest absolute Gasteiger partial charge is 0.462 e. The number of alkyl halides is 1. The van der Waals surface area contributed by atoms with E-state index < -0.39 is 12.1 Å². The molecule has 1 N–H and O–H groups in total. The van der Waals surface area contributed by atoms with Crippen molar-refractivity contribution in [1.82, 2.24) is 4.90 Å². The molecule has 21 heavy (non-hydrogen) atoms. The van der Waals surface area contributed by atoms with Crippen LogP contribution >= 0.6 is 0 Å². The maximum atomic E-state index is 13.1. The Morgan fingerprint density at radius 3 is 2.86 bits per heavy atom. The number of rotatable bonds is 5. The lowest BCUT2D eigenvalue weighted by Crippen LogP contribution is -2.32. The molecule has 1 heterocycles. The summed E-state index contributed by atoms with van der Waals surface area (Å²) in [4.78, 5) is 25.5. The zero-order valence-electron chi connectivity index (χ0n) is 12.0. The van der Waals surface area contributed by atoms with Gasteiger partial charge in [-0.25, -0.2) is 9.18 Å². The van der Waals surface area contributed by atoms with Crippen LogP contribution in [0.1, 0.15) is 23.7 Å². The van der Waals surface area contributed by atoms with E-state index in [1.807, 2.05) is 0 Å². The van der Waals surface area contributed by atoms with Crippen LogP contribution in [0.2, 0.25) is 0 Å². The second kappa shape index (κ2) is 7.17. The molecule has 0 saturated carbocycles. The monoisotopic (exact) mass is 294 g/mol. The second-order valence-corrected chi connectivity index (χ2v) is 4.94. The summed E-state index contributed by atoms with van der Waals surface area (Å²) in [6.07, 6.45) is -0.392. The van der Waals surface area contributed by atoms with Crippen LogP contribution in [0, 0.1) is 0 Å². The number of anilines is 1. The summed E-state index contributed by atoms with van der Waals surface area (Å²) in [5.74, 6) is -0.737. The summed E-state index contributed by atoms with van der Waals surface area (Å²) in [5.41, 5.74) is 0.731. The average molecular weight is 294 g/mol. The van der Waals surface area contributed by atoms with Gasteiger partial charge >= 0.3 is 5.97 Å². The summed E-state index contributed by atoms with van der Waals surface area (Å²) in [6, 6.07) is 6.68. The molecule has 1 aliphatic rings. The minimum absolute atomic E-state index is 0.123. The first-order chi connectivity index (χ1) is 10.1. The van der Waals surface area contributed by atoms with E-state index >= 15 is 0 Å². The van der Waals surface area contributed by atoms with E-state index in [0.29, 0.717) is 24.2 Å². The molecule has 5 nitrogen and oxygen atoms in total. The number of para-hydroxylation sites is 1. The first-order valence-corrected chi connectivity index (χ1v) is 7.02. The van der Waals surface area contributed by atoms with Crippen molar-refractivity contribution in [3.05, 3.63) is 29.8 Å². The zero-order valence-corrected chi connectivity index (χ0v) is 12.0. The van der Waals surface area contributed by atoms with Crippen molar-refractivity contribution in [2.45, 2.75) is 19.5 Å². The van der Waals surface area contributed by atoms with Gasteiger partial charge in [-0.3, -0.25) is 9.69 Å². The lowest BCUT2D eigenvalue weighted by atomic mass is 10.2. The number of hydrogen-bond acceptors (Lipinski definition) is 4. The molecule has 0 radical (unpaired) electrons. The molecular weight excluding hydrogens is 275 g/mol. The molecule has 0 bridgehead atoms. The maximum absolute atomic E-state index is 13.1. The Hall–Kier alpha value is -1.95. The number of hydrogen-bond donors (Lipinski definition) is 1. The number of amides is 1. The highest BCUT2D eigenvalue weighted by Crippen LogP contribution is 2.17. The van der Waals surface area contributed by atoms with Crippen molar-refractivity contribution in [1.29, 1.82) is 0 Å². The SMILES string of the molecule is CCOC(=O)c1ccccc1NC(=O)CN1CCC(F)C1. The minimum Gasteiger partial charge on any atom is -0.462 e. The number of benzene rings is 1. The number of carbonyl (C=O) groups is 2. The van der Waals surface area contributed by atoms with E-state index in [1.54, 1.807) is 36.1 Å². The Morgan fingerprint density at radius 2 is 2.19 bits per heavy atom. The van der Waals surface area contributed by atoms with Gasteiger partial charge in [0, 0.05) is 13.1 Å². The first kappa shape index (κ1) is 15.4. The molecule has 0 aliphatic carbocycles. The number of likely N-dealkylation sites (tertiary alicyclic amines) is 1. The normalized spacial score (nSPS) is 18.5. The fraction of sp³-hybridized carbons (Fsp3) is 0.467. The van der Waals surface area contributed by atoms with E-state index in [1.165, 1.54) is 0 Å². The smallest absolute Gasteiger partial charge is 0.340 e. The molecule has 1 atom stereocenters. The third-order valence-electron chi connectivity index (χ3n) is 3.28. The summed E-state index contributed by atoms with van der Waals surface area (Å²) in [5, 5.41) is 2.69. The quantitative estimate of drug-likeness (QED) is 0.842. The van der Waals surface area contributed by atoms with Gasteiger partial charge in [0.25, 0.3) is 0 Å². The molecule has 6 heteroatoms. The average Bonchev–Trinajstić information content (AvgIpc) is 2.84. The molecule has 1 aliphatic heterocycles. The van der Waals surface area contributed by atoms with Crippen LogP contribution in [0.5, 0.6) is 0 Å². The predicted octanol–water partition coefficient (Wildman–Crippen LogP) is 1.85. The van der Waals surface area contributed by atoms with Crippen LogP contribution in [0.3, 0.4) is 0 Å². The molecule has 1 unspecified atom stereocenters. The molecule has 0 aromatic heterocycles. The van der Waals surface area contributed by atoms with Crippen molar-refractivity contribution in [3.63, 3.8) is 0 Å². The Bertz CT molecular complexity index is 521. The zero-order chi connectivity index (χ0) is 15.2. The summed E-state index contributed by atoms with van der Waals surface area (Å²) < 4.78 is 18.0. The molecular formula is C15H19FN2O3. The number of nitrogens with one attached hydrogen (secondary N) is 1. The fourth-order valence-corrected chi connectivity index (χ4v) is 2.30. The standard InChI is InChI=1S/C15H19FN2O3/c1-2-21-15(20)12-5-3-4-6-13(12)17-14(19)10-18-8-7-11(16)9-18/h3-6,11H,2,7-10H2,1H3,(H,17,19). The van der Waals surface area contributed by atoms with Crippen molar-refractivity contribution in [3.8, 4) is 0 Å². The van der Waals surface area contributed by atoms with Crippen molar-refractivity contribution >= 4 is 17.6 Å². The van der Waals surface area contributed by atoms with Crippen LogP contribution in [0.25, 0.3) is 0 Å². The number of carbonyl (C=O) groups excluding carboxylic acids is 2. The highest BCUT2D eigenvalue weighted by Gasteiger charge is 2.23. The number of ether oxygens (including phenoxy) is 1. The predicted molar refractivity (Wildman–Crippen MR) is 77.0 cm³/mol. The van der Waals surface area contributed by atoms with Gasteiger partial charge in [0.05, 0.1) is 24.4 Å². The van der Waals surface area contributed by atoms with Crippen LogP contribution in [0.15, 0.2) is 24.3 Å². The van der Waals surface area contributed by atoms with Gasteiger partial charge in [0.15, 0.2) is 0 Å². The maximum Gasteiger partial charge on any atom is 0.340 e. The first-order valence-electron chi connectivity index (χ1n) is 7.02. The topological polar surface area (TPSA) is 58.6 Å². The second-order valence-electron chi connectivity index (χ2n) is 4.94. The van der Waals surface area contributed by atoms with Gasteiger partial charge in [0.2, 0.25) is 5.91 Å². The van der Waals surface area contributed by atoms with Gasteiger partial charge in [-0.15, -0.1) is 0 Å². The number of halogens is 1. The molecule has 0 spiro atoms. The van der Waals surface area contributed by atoms with Crippen LogP contribution in [0.4, 0.5) is 10.1 Å². The van der Waals surface area contributed by atoms with E-state index in [-0.39, 0.29) is 25.6 Å². The van der Waals surface area contributed by atoms with Crippen molar-refractivity contribution in [2.75, 3.05) is 31.6 Å². The number of esters is 1. The van der Waals surface area contributed by atoms with Gasteiger partial charge in [0.1, 0.15) is 6.17 Å². The third kappa shape index (κ3) is 4.26. The molecule has 1 fully saturated rings. The molecule has 2 rings (SSSR count). The van der Waals surface area contributed by atoms with E-state index in [2.05, 4.69) is 5.32 Å².